The van der Waals surface area contributed by atoms with Crippen molar-refractivity contribution < 1.29 is 0 Å². The van der Waals surface area contributed by atoms with Crippen LogP contribution in [0.1, 0.15) is 81.6 Å². The quantitative estimate of drug-likeness (QED) is 0.122. The summed E-state index contributed by atoms with van der Waals surface area (Å²) in [7, 11) is 0. The molecule has 204 valence electrons. The molecular weight excluding hydrogens is 521 g/mol. The molecule has 7 rings (SSSR count). The molecule has 0 nitrogen and oxygen atoms in total. The van der Waals surface area contributed by atoms with Gasteiger partial charge in [0.1, 0.15) is 0 Å². The third kappa shape index (κ3) is 5.33. The molecule has 0 radical (unpaired) electrons. The van der Waals surface area contributed by atoms with Crippen molar-refractivity contribution in [2.24, 2.45) is 5.92 Å². The first-order chi connectivity index (χ1) is 19.7. The minimum atomic E-state index is 0.950. The van der Waals surface area contributed by atoms with Crippen molar-refractivity contribution in [3.63, 3.8) is 0 Å². The highest BCUT2D eigenvalue weighted by molar-refractivity contribution is 7.23. The van der Waals surface area contributed by atoms with Crippen LogP contribution in [0.3, 0.4) is 0 Å². The van der Waals surface area contributed by atoms with Crippen LogP contribution in [0.4, 0.5) is 0 Å². The van der Waals surface area contributed by atoms with Crippen molar-refractivity contribution in [2.75, 3.05) is 0 Å². The van der Waals surface area contributed by atoms with Gasteiger partial charge in [0.2, 0.25) is 0 Å². The van der Waals surface area contributed by atoms with Crippen LogP contribution >= 0.6 is 22.7 Å². The van der Waals surface area contributed by atoms with Crippen molar-refractivity contribution in [1.29, 1.82) is 0 Å². The molecule has 40 heavy (non-hydrogen) atoms. The summed E-state index contributed by atoms with van der Waals surface area (Å²) in [5.41, 5.74) is 2.81. The summed E-state index contributed by atoms with van der Waals surface area (Å²) in [5, 5.41) is 8.32. The van der Waals surface area contributed by atoms with Gasteiger partial charge < -0.3 is 0 Å². The Labute approximate surface area is 247 Å². The van der Waals surface area contributed by atoms with Gasteiger partial charge in [-0.3, -0.25) is 0 Å². The van der Waals surface area contributed by atoms with Crippen molar-refractivity contribution in [2.45, 2.75) is 84.0 Å². The van der Waals surface area contributed by atoms with Gasteiger partial charge >= 0.3 is 0 Å². The van der Waals surface area contributed by atoms with Crippen molar-refractivity contribution in [3.8, 4) is 10.4 Å². The minimum absolute atomic E-state index is 0.950. The van der Waals surface area contributed by atoms with Gasteiger partial charge in [-0.05, 0) is 88.5 Å². The van der Waals surface area contributed by atoms with E-state index in [4.69, 9.17) is 0 Å². The first-order valence-corrected chi connectivity index (χ1v) is 17.3. The zero-order valence-corrected chi connectivity index (χ0v) is 25.4. The third-order valence-electron chi connectivity index (χ3n) is 9.25. The molecule has 1 fully saturated rings. The summed E-state index contributed by atoms with van der Waals surface area (Å²) in [6.45, 7) is 2.28. The van der Waals surface area contributed by atoms with E-state index in [0.717, 1.165) is 5.92 Å². The molecule has 0 atom stereocenters. The average molecular weight is 561 g/mol. The van der Waals surface area contributed by atoms with Crippen LogP contribution < -0.4 is 0 Å². The molecule has 1 saturated carbocycles. The molecule has 1 aliphatic carbocycles. The van der Waals surface area contributed by atoms with Crippen molar-refractivity contribution in [3.05, 3.63) is 83.2 Å². The number of benzene rings is 4. The number of aryl methyl sites for hydroxylation is 2. The van der Waals surface area contributed by atoms with E-state index in [0.29, 0.717) is 0 Å². The maximum atomic E-state index is 2.47. The second-order valence-corrected chi connectivity index (χ2v) is 14.3. The number of rotatable bonds is 9. The first kappa shape index (κ1) is 26.2. The van der Waals surface area contributed by atoms with E-state index < -0.39 is 0 Å². The monoisotopic (exact) mass is 560 g/mol. The Morgan fingerprint density at radius 3 is 2.02 bits per heavy atom. The Morgan fingerprint density at radius 1 is 0.625 bits per heavy atom. The molecule has 0 amide bonds. The molecule has 0 unspecified atom stereocenters. The highest BCUT2D eigenvalue weighted by atomic mass is 32.1. The summed E-state index contributed by atoms with van der Waals surface area (Å²) < 4.78 is 2.89. The lowest BCUT2D eigenvalue weighted by atomic mass is 9.86. The second kappa shape index (κ2) is 11.7. The standard InChI is InChI=1S/C38H40S2/c1-2-3-4-6-11-27-12-15-28(16-13-27)36-25-32-20-18-30-23-34-29(24-35(30)38(32)40-36)17-19-31-22-33(39-37(31)34)21-14-26-9-7-5-8-10-26/h12-13,15-20,22-26H,2-11,14,21H2,1H3. The first-order valence-electron chi connectivity index (χ1n) is 15.7. The van der Waals surface area contributed by atoms with Crippen LogP contribution in [-0.4, -0.2) is 0 Å². The Balaban J connectivity index is 1.18. The van der Waals surface area contributed by atoms with E-state index in [-0.39, 0.29) is 0 Å². The fraction of sp³-hybridized carbons (Fsp3) is 0.368. The molecule has 2 heteroatoms. The topological polar surface area (TPSA) is 0 Å². The molecule has 4 aromatic carbocycles. The average Bonchev–Trinajstić information content (AvgIpc) is 3.63. The normalized spacial score (nSPS) is 14.7. The largest absolute Gasteiger partial charge is 0.140 e. The van der Waals surface area contributed by atoms with E-state index in [2.05, 4.69) is 79.7 Å². The molecule has 0 N–H and O–H groups in total. The maximum absolute atomic E-state index is 2.47. The molecule has 2 aromatic heterocycles. The highest BCUT2D eigenvalue weighted by Crippen LogP contribution is 2.41. The molecular formula is C38H40S2. The molecule has 0 bridgehead atoms. The van der Waals surface area contributed by atoms with Gasteiger partial charge in [0.15, 0.2) is 0 Å². The highest BCUT2D eigenvalue weighted by Gasteiger charge is 2.15. The van der Waals surface area contributed by atoms with E-state index in [9.17, 15) is 0 Å². The van der Waals surface area contributed by atoms with Crippen LogP contribution in [0.25, 0.3) is 52.2 Å². The number of thiophene rings is 2. The summed E-state index contributed by atoms with van der Waals surface area (Å²) in [4.78, 5) is 2.94. The summed E-state index contributed by atoms with van der Waals surface area (Å²) in [6.07, 6.45) is 16.3. The lowest BCUT2D eigenvalue weighted by Crippen LogP contribution is -2.06. The Hall–Kier alpha value is -2.68. The van der Waals surface area contributed by atoms with Crippen LogP contribution in [0.15, 0.2) is 72.8 Å². The van der Waals surface area contributed by atoms with E-state index in [1.807, 2.05) is 22.7 Å². The fourth-order valence-electron chi connectivity index (χ4n) is 6.87. The zero-order valence-electron chi connectivity index (χ0n) is 23.8. The van der Waals surface area contributed by atoms with Crippen LogP contribution in [0.2, 0.25) is 0 Å². The fourth-order valence-corrected chi connectivity index (χ4v) is 9.26. The Kier molecular flexibility index (Phi) is 7.65. The van der Waals surface area contributed by atoms with Crippen molar-refractivity contribution >= 4 is 64.4 Å². The van der Waals surface area contributed by atoms with Gasteiger partial charge in [-0.15, -0.1) is 22.7 Å². The zero-order chi connectivity index (χ0) is 26.9. The lowest BCUT2D eigenvalue weighted by Gasteiger charge is -2.20. The molecule has 2 heterocycles. The number of unbranched alkanes of at least 4 members (excludes halogenated alkanes) is 3. The number of hydrogen-bond donors (Lipinski definition) is 0. The third-order valence-corrected chi connectivity index (χ3v) is 11.7. The SMILES string of the molecule is CCCCCCc1ccc(-c2cc3ccc4cc5c(ccc6cc(CCC7CCCCC7)sc65)cc4c3s2)cc1. The minimum Gasteiger partial charge on any atom is -0.140 e. The Bertz CT molecular complexity index is 1760. The summed E-state index contributed by atoms with van der Waals surface area (Å²) in [6, 6.07) is 28.5. The predicted molar refractivity (Wildman–Crippen MR) is 180 cm³/mol. The maximum Gasteiger partial charge on any atom is 0.0428 e. The molecule has 0 saturated heterocycles. The second-order valence-electron chi connectivity index (χ2n) is 12.1. The number of fused-ring (bicyclic) bond motifs is 6. The van der Waals surface area contributed by atoms with Gasteiger partial charge in [-0.2, -0.15) is 0 Å². The molecule has 0 aliphatic heterocycles. The lowest BCUT2D eigenvalue weighted by molar-refractivity contribution is 0.340. The van der Waals surface area contributed by atoms with E-state index >= 15 is 0 Å². The van der Waals surface area contributed by atoms with Gasteiger partial charge in [0.25, 0.3) is 0 Å². The summed E-state index contributed by atoms with van der Waals surface area (Å²) in [5.74, 6) is 0.950. The van der Waals surface area contributed by atoms with Gasteiger partial charge in [-0.25, -0.2) is 0 Å². The Morgan fingerprint density at radius 2 is 1.30 bits per heavy atom. The number of hydrogen-bond acceptors (Lipinski definition) is 2. The van der Waals surface area contributed by atoms with E-state index in [1.54, 1.807) is 4.88 Å². The molecule has 1 aliphatic rings. The smallest absolute Gasteiger partial charge is 0.0428 e. The van der Waals surface area contributed by atoms with Crippen molar-refractivity contribution in [1.82, 2.24) is 0 Å². The van der Waals surface area contributed by atoms with Crippen LogP contribution in [0.5, 0.6) is 0 Å². The van der Waals surface area contributed by atoms with Gasteiger partial charge in [0.05, 0.1) is 0 Å². The predicted octanol–water partition coefficient (Wildman–Crippen LogP) is 12.7. The molecule has 6 aromatic rings. The summed E-state index contributed by atoms with van der Waals surface area (Å²) >= 11 is 3.99. The van der Waals surface area contributed by atoms with Crippen LogP contribution in [-0.2, 0) is 12.8 Å². The van der Waals surface area contributed by atoms with Gasteiger partial charge in [0, 0.05) is 29.9 Å². The van der Waals surface area contributed by atoms with Gasteiger partial charge in [-0.1, -0.05) is 107 Å². The van der Waals surface area contributed by atoms with E-state index in [1.165, 1.54) is 135 Å². The van der Waals surface area contributed by atoms with Crippen LogP contribution in [0, 0.1) is 5.92 Å². The molecule has 0 spiro atoms.